The molecule has 118 valence electrons. The van der Waals surface area contributed by atoms with Gasteiger partial charge in [-0.2, -0.15) is 0 Å². The standard InChI is InChI=1S/C18H22O4/c19-11-17(20)18(22-13-16-9-5-2-6-10-16)14-21-12-15-7-3-1-4-8-15/h1-10,17-20H,11-14H2/t17-,18?/m1/s1. The van der Waals surface area contributed by atoms with Gasteiger partial charge in [-0.15, -0.1) is 0 Å². The van der Waals surface area contributed by atoms with Crippen molar-refractivity contribution in [3.63, 3.8) is 0 Å². The van der Waals surface area contributed by atoms with Crippen molar-refractivity contribution in [1.82, 2.24) is 0 Å². The topological polar surface area (TPSA) is 58.9 Å². The van der Waals surface area contributed by atoms with Gasteiger partial charge < -0.3 is 19.7 Å². The van der Waals surface area contributed by atoms with Crippen molar-refractivity contribution in [1.29, 1.82) is 0 Å². The van der Waals surface area contributed by atoms with Gasteiger partial charge in [-0.3, -0.25) is 0 Å². The molecule has 2 N–H and O–H groups in total. The Hall–Kier alpha value is -1.72. The molecular formula is C18H22O4. The van der Waals surface area contributed by atoms with Crippen molar-refractivity contribution >= 4 is 0 Å². The molecule has 4 heteroatoms. The van der Waals surface area contributed by atoms with Crippen LogP contribution < -0.4 is 0 Å². The lowest BCUT2D eigenvalue weighted by Gasteiger charge is -2.22. The molecule has 1 unspecified atom stereocenters. The van der Waals surface area contributed by atoms with Gasteiger partial charge in [0.05, 0.1) is 26.4 Å². The highest BCUT2D eigenvalue weighted by atomic mass is 16.5. The molecule has 0 fully saturated rings. The largest absolute Gasteiger partial charge is 0.394 e. The average molecular weight is 302 g/mol. The van der Waals surface area contributed by atoms with Crippen LogP contribution in [0.25, 0.3) is 0 Å². The molecule has 0 saturated heterocycles. The maximum atomic E-state index is 9.84. The van der Waals surface area contributed by atoms with E-state index in [1.54, 1.807) is 0 Å². The lowest BCUT2D eigenvalue weighted by atomic mass is 10.2. The van der Waals surface area contributed by atoms with Crippen molar-refractivity contribution in [2.75, 3.05) is 13.2 Å². The predicted molar refractivity (Wildman–Crippen MR) is 84.2 cm³/mol. The van der Waals surface area contributed by atoms with Gasteiger partial charge in [0, 0.05) is 0 Å². The van der Waals surface area contributed by atoms with Gasteiger partial charge in [0.15, 0.2) is 0 Å². The number of aliphatic hydroxyl groups is 2. The van der Waals surface area contributed by atoms with Gasteiger partial charge in [0.1, 0.15) is 12.2 Å². The molecule has 2 atom stereocenters. The van der Waals surface area contributed by atoms with E-state index in [0.29, 0.717) is 13.2 Å². The zero-order valence-electron chi connectivity index (χ0n) is 12.5. The van der Waals surface area contributed by atoms with E-state index in [1.165, 1.54) is 0 Å². The number of hydrogen-bond acceptors (Lipinski definition) is 4. The molecular weight excluding hydrogens is 280 g/mol. The van der Waals surface area contributed by atoms with Crippen molar-refractivity contribution in [2.24, 2.45) is 0 Å². The number of benzene rings is 2. The zero-order chi connectivity index (χ0) is 15.6. The smallest absolute Gasteiger partial charge is 0.109 e. The lowest BCUT2D eigenvalue weighted by molar-refractivity contribution is -0.102. The molecule has 0 saturated carbocycles. The van der Waals surface area contributed by atoms with Crippen molar-refractivity contribution in [3.8, 4) is 0 Å². The Balaban J connectivity index is 1.81. The SMILES string of the molecule is OC[C@@H](O)C(COCc1ccccc1)OCc1ccccc1. The third-order valence-corrected chi connectivity index (χ3v) is 3.32. The molecule has 0 amide bonds. The van der Waals surface area contributed by atoms with Gasteiger partial charge in [-0.1, -0.05) is 60.7 Å². The molecule has 0 radical (unpaired) electrons. The Morgan fingerprint density at radius 2 is 1.36 bits per heavy atom. The quantitative estimate of drug-likeness (QED) is 0.745. The summed E-state index contributed by atoms with van der Waals surface area (Å²) in [5.41, 5.74) is 2.07. The van der Waals surface area contributed by atoms with E-state index in [9.17, 15) is 5.11 Å². The first-order chi connectivity index (χ1) is 10.8. The van der Waals surface area contributed by atoms with Crippen LogP contribution >= 0.6 is 0 Å². The second-order valence-corrected chi connectivity index (χ2v) is 5.09. The molecule has 0 bridgehead atoms. The van der Waals surface area contributed by atoms with Crippen LogP contribution in [0.5, 0.6) is 0 Å². The molecule has 2 aromatic rings. The van der Waals surface area contributed by atoms with Gasteiger partial charge in [0.2, 0.25) is 0 Å². The molecule has 22 heavy (non-hydrogen) atoms. The van der Waals surface area contributed by atoms with Crippen LogP contribution in [0, 0.1) is 0 Å². The first-order valence-electron chi connectivity index (χ1n) is 7.35. The van der Waals surface area contributed by atoms with Crippen molar-refractivity contribution in [2.45, 2.75) is 25.4 Å². The molecule has 0 aromatic heterocycles. The van der Waals surface area contributed by atoms with Crippen LogP contribution in [-0.4, -0.2) is 35.6 Å². The summed E-state index contributed by atoms with van der Waals surface area (Å²) in [4.78, 5) is 0. The van der Waals surface area contributed by atoms with Gasteiger partial charge in [-0.05, 0) is 11.1 Å². The molecule has 0 heterocycles. The summed E-state index contributed by atoms with van der Waals surface area (Å²) in [5.74, 6) is 0. The maximum absolute atomic E-state index is 9.84. The van der Waals surface area contributed by atoms with Crippen LogP contribution in [0.4, 0.5) is 0 Å². The van der Waals surface area contributed by atoms with E-state index in [0.717, 1.165) is 11.1 Å². The molecule has 0 spiro atoms. The second-order valence-electron chi connectivity index (χ2n) is 5.09. The first-order valence-corrected chi connectivity index (χ1v) is 7.35. The summed E-state index contributed by atoms with van der Waals surface area (Å²) >= 11 is 0. The lowest BCUT2D eigenvalue weighted by Crippen LogP contribution is -2.36. The Morgan fingerprint density at radius 1 is 0.818 bits per heavy atom. The van der Waals surface area contributed by atoms with E-state index in [2.05, 4.69) is 0 Å². The van der Waals surface area contributed by atoms with Crippen LogP contribution in [-0.2, 0) is 22.7 Å². The summed E-state index contributed by atoms with van der Waals surface area (Å²) in [6.45, 7) is 0.694. The van der Waals surface area contributed by atoms with E-state index in [4.69, 9.17) is 14.6 Å². The molecule has 4 nitrogen and oxygen atoms in total. The minimum atomic E-state index is -0.959. The predicted octanol–water partition coefficient (Wildman–Crippen LogP) is 2.14. The summed E-state index contributed by atoms with van der Waals surface area (Å²) < 4.78 is 11.3. The molecule has 0 aliphatic heterocycles. The number of hydrogen-bond donors (Lipinski definition) is 2. The Kier molecular flexibility index (Phi) is 7.06. The summed E-state index contributed by atoms with van der Waals surface area (Å²) in [6, 6.07) is 19.5. The molecule has 0 aliphatic carbocycles. The third kappa shape index (κ3) is 5.58. The zero-order valence-corrected chi connectivity index (χ0v) is 12.5. The highest BCUT2D eigenvalue weighted by Crippen LogP contribution is 2.09. The second kappa shape index (κ2) is 9.33. The summed E-state index contributed by atoms with van der Waals surface area (Å²) in [5, 5.41) is 19.0. The van der Waals surface area contributed by atoms with Crippen LogP contribution in [0.2, 0.25) is 0 Å². The summed E-state index contributed by atoms with van der Waals surface area (Å²) in [7, 11) is 0. The molecule has 2 rings (SSSR count). The fourth-order valence-corrected chi connectivity index (χ4v) is 2.03. The Labute approximate surface area is 130 Å². The Bertz CT molecular complexity index is 515. The van der Waals surface area contributed by atoms with Crippen LogP contribution in [0.15, 0.2) is 60.7 Å². The highest BCUT2D eigenvalue weighted by Gasteiger charge is 2.19. The summed E-state index contributed by atoms with van der Waals surface area (Å²) in [6.07, 6.45) is -1.52. The molecule has 2 aromatic carbocycles. The van der Waals surface area contributed by atoms with E-state index < -0.39 is 12.2 Å². The third-order valence-electron chi connectivity index (χ3n) is 3.32. The van der Waals surface area contributed by atoms with Gasteiger partial charge in [-0.25, -0.2) is 0 Å². The monoisotopic (exact) mass is 302 g/mol. The van der Waals surface area contributed by atoms with Crippen LogP contribution in [0.1, 0.15) is 11.1 Å². The number of ether oxygens (including phenoxy) is 2. The van der Waals surface area contributed by atoms with Crippen molar-refractivity contribution in [3.05, 3.63) is 71.8 Å². The molecule has 0 aliphatic rings. The number of aliphatic hydroxyl groups excluding tert-OH is 2. The normalized spacial score (nSPS) is 13.7. The fraction of sp³-hybridized carbons (Fsp3) is 0.333. The van der Waals surface area contributed by atoms with Crippen molar-refractivity contribution < 1.29 is 19.7 Å². The minimum absolute atomic E-state index is 0.226. The van der Waals surface area contributed by atoms with E-state index in [-0.39, 0.29) is 13.2 Å². The maximum Gasteiger partial charge on any atom is 0.109 e. The Morgan fingerprint density at radius 3 is 1.91 bits per heavy atom. The van der Waals surface area contributed by atoms with Gasteiger partial charge in [0.25, 0.3) is 0 Å². The van der Waals surface area contributed by atoms with E-state index in [1.807, 2.05) is 60.7 Å². The number of rotatable bonds is 9. The minimum Gasteiger partial charge on any atom is -0.394 e. The fourth-order valence-electron chi connectivity index (χ4n) is 2.03. The highest BCUT2D eigenvalue weighted by molar-refractivity contribution is 5.14. The van der Waals surface area contributed by atoms with Crippen LogP contribution in [0.3, 0.4) is 0 Å². The average Bonchev–Trinajstić information content (AvgIpc) is 2.59. The van der Waals surface area contributed by atoms with Gasteiger partial charge >= 0.3 is 0 Å². The van der Waals surface area contributed by atoms with E-state index >= 15 is 0 Å². The first kappa shape index (κ1) is 16.6.